The molecule has 0 aliphatic heterocycles. The maximum Gasteiger partial charge on any atom is 0.330 e. The summed E-state index contributed by atoms with van der Waals surface area (Å²) >= 11 is 0. The van der Waals surface area contributed by atoms with Crippen molar-refractivity contribution >= 4 is 7.60 Å². The summed E-state index contributed by atoms with van der Waals surface area (Å²) in [6, 6.07) is 0. The summed E-state index contributed by atoms with van der Waals surface area (Å²) in [7, 11) is -1.63. The summed E-state index contributed by atoms with van der Waals surface area (Å²) in [5.74, 6) is 0. The molecule has 1 unspecified atom stereocenters. The first kappa shape index (κ1) is 12.1. The van der Waals surface area contributed by atoms with Gasteiger partial charge in [-0.1, -0.05) is 6.92 Å². The monoisotopic (exact) mass is 196 g/mol. The normalized spacial score (nSPS) is 17.4. The summed E-state index contributed by atoms with van der Waals surface area (Å²) in [6.07, 6.45) is 0.312. The third-order valence-corrected chi connectivity index (χ3v) is 3.54. The minimum absolute atomic E-state index is 0.180. The van der Waals surface area contributed by atoms with Gasteiger partial charge in [-0.05, 0) is 13.8 Å². The first-order valence-electron chi connectivity index (χ1n) is 3.85. The molecular weight excluding hydrogens is 179 g/mol. The van der Waals surface area contributed by atoms with Crippen molar-refractivity contribution in [2.75, 3.05) is 19.9 Å². The van der Waals surface area contributed by atoms with Crippen molar-refractivity contribution < 1.29 is 18.7 Å². The van der Waals surface area contributed by atoms with Crippen LogP contribution in [0, 0.1) is 0 Å². The lowest BCUT2D eigenvalue weighted by Gasteiger charge is -2.26. The Bertz CT molecular complexity index is 170. The topological polar surface area (TPSA) is 55.8 Å². The fourth-order valence-electron chi connectivity index (χ4n) is 0.636. The van der Waals surface area contributed by atoms with E-state index in [1.807, 2.05) is 0 Å². The maximum atomic E-state index is 11.6. The molecular formula is C7H17O4P. The van der Waals surface area contributed by atoms with Gasteiger partial charge in [0.05, 0.1) is 12.2 Å². The molecule has 0 bridgehead atoms. The number of hydrogen-bond acceptors (Lipinski definition) is 4. The van der Waals surface area contributed by atoms with Crippen molar-refractivity contribution in [1.82, 2.24) is 0 Å². The van der Waals surface area contributed by atoms with Gasteiger partial charge in [-0.3, -0.25) is 4.57 Å². The van der Waals surface area contributed by atoms with Gasteiger partial charge < -0.3 is 14.2 Å². The summed E-state index contributed by atoms with van der Waals surface area (Å²) in [4.78, 5) is 0. The SMILES string of the molecule is CCP(=O)(OC)OC(C)(C)CO. The Morgan fingerprint density at radius 2 is 2.00 bits per heavy atom. The summed E-state index contributed by atoms with van der Waals surface area (Å²) in [5, 5.41) is 8.85. The molecule has 5 heteroatoms. The van der Waals surface area contributed by atoms with Crippen LogP contribution in [0.15, 0.2) is 0 Å². The van der Waals surface area contributed by atoms with E-state index in [0.717, 1.165) is 0 Å². The van der Waals surface area contributed by atoms with Gasteiger partial charge in [-0.15, -0.1) is 0 Å². The zero-order valence-corrected chi connectivity index (χ0v) is 8.93. The summed E-state index contributed by atoms with van der Waals surface area (Å²) < 4.78 is 21.5. The summed E-state index contributed by atoms with van der Waals surface area (Å²) in [5.41, 5.74) is -0.804. The molecule has 0 spiro atoms. The molecule has 0 radical (unpaired) electrons. The molecule has 0 rings (SSSR count). The first-order chi connectivity index (χ1) is 5.39. The lowest BCUT2D eigenvalue weighted by Crippen LogP contribution is -2.28. The van der Waals surface area contributed by atoms with Crippen molar-refractivity contribution in [3.05, 3.63) is 0 Å². The highest BCUT2D eigenvalue weighted by molar-refractivity contribution is 7.53. The van der Waals surface area contributed by atoms with Crippen molar-refractivity contribution in [3.8, 4) is 0 Å². The molecule has 12 heavy (non-hydrogen) atoms. The number of aliphatic hydroxyl groups is 1. The fraction of sp³-hybridized carbons (Fsp3) is 1.00. The molecule has 0 aliphatic rings. The van der Waals surface area contributed by atoms with E-state index in [0.29, 0.717) is 6.16 Å². The van der Waals surface area contributed by atoms with Gasteiger partial charge in [-0.2, -0.15) is 0 Å². The largest absolute Gasteiger partial charge is 0.393 e. The molecule has 0 fully saturated rings. The fourth-order valence-corrected chi connectivity index (χ4v) is 1.91. The van der Waals surface area contributed by atoms with Crippen molar-refractivity contribution in [3.63, 3.8) is 0 Å². The number of hydrogen-bond donors (Lipinski definition) is 1. The van der Waals surface area contributed by atoms with Crippen LogP contribution in [0.4, 0.5) is 0 Å². The second-order valence-corrected chi connectivity index (χ2v) is 5.52. The van der Waals surface area contributed by atoms with Gasteiger partial charge in [0.2, 0.25) is 0 Å². The van der Waals surface area contributed by atoms with Crippen LogP contribution < -0.4 is 0 Å². The van der Waals surface area contributed by atoms with E-state index in [9.17, 15) is 4.57 Å². The van der Waals surface area contributed by atoms with Gasteiger partial charge in [-0.25, -0.2) is 0 Å². The Hall–Kier alpha value is 0.110. The van der Waals surface area contributed by atoms with Crippen LogP contribution in [-0.4, -0.2) is 30.6 Å². The second kappa shape index (κ2) is 4.38. The zero-order chi connectivity index (χ0) is 9.83. The second-order valence-electron chi connectivity index (χ2n) is 3.12. The van der Waals surface area contributed by atoms with Crippen LogP contribution >= 0.6 is 7.60 Å². The van der Waals surface area contributed by atoms with Crippen LogP contribution in [0.5, 0.6) is 0 Å². The molecule has 0 heterocycles. The predicted molar refractivity (Wildman–Crippen MR) is 47.4 cm³/mol. The lowest BCUT2D eigenvalue weighted by atomic mass is 10.2. The summed E-state index contributed by atoms with van der Waals surface area (Å²) in [6.45, 7) is 4.86. The van der Waals surface area contributed by atoms with E-state index in [4.69, 9.17) is 14.2 Å². The van der Waals surface area contributed by atoms with E-state index in [2.05, 4.69) is 0 Å². The molecule has 0 saturated carbocycles. The predicted octanol–water partition coefficient (Wildman–Crippen LogP) is 1.63. The van der Waals surface area contributed by atoms with Crippen LogP contribution in [0.25, 0.3) is 0 Å². The van der Waals surface area contributed by atoms with E-state index >= 15 is 0 Å². The third-order valence-electron chi connectivity index (χ3n) is 1.43. The van der Waals surface area contributed by atoms with Gasteiger partial charge in [0.15, 0.2) is 0 Å². The van der Waals surface area contributed by atoms with Crippen LogP contribution in [0.1, 0.15) is 20.8 Å². The maximum absolute atomic E-state index is 11.6. The molecule has 0 aromatic heterocycles. The molecule has 0 amide bonds. The van der Waals surface area contributed by atoms with Crippen molar-refractivity contribution in [2.45, 2.75) is 26.4 Å². The van der Waals surface area contributed by atoms with E-state index in [-0.39, 0.29) is 6.61 Å². The minimum Gasteiger partial charge on any atom is -0.393 e. The van der Waals surface area contributed by atoms with Crippen LogP contribution in [0.2, 0.25) is 0 Å². The van der Waals surface area contributed by atoms with Crippen molar-refractivity contribution in [2.24, 2.45) is 0 Å². The molecule has 4 nitrogen and oxygen atoms in total. The molecule has 0 saturated heterocycles. The van der Waals surface area contributed by atoms with E-state index in [1.54, 1.807) is 20.8 Å². The molecule has 0 aromatic rings. The average molecular weight is 196 g/mol. The Morgan fingerprint density at radius 3 is 2.25 bits per heavy atom. The van der Waals surface area contributed by atoms with E-state index in [1.165, 1.54) is 7.11 Å². The van der Waals surface area contributed by atoms with Gasteiger partial charge >= 0.3 is 7.60 Å². The molecule has 0 aliphatic carbocycles. The Kier molecular flexibility index (Phi) is 4.42. The molecule has 1 N–H and O–H groups in total. The van der Waals surface area contributed by atoms with Crippen LogP contribution in [-0.2, 0) is 13.6 Å². The Labute approximate surface area is 73.4 Å². The smallest absolute Gasteiger partial charge is 0.330 e. The highest BCUT2D eigenvalue weighted by atomic mass is 31.2. The third kappa shape index (κ3) is 3.68. The standard InChI is InChI=1S/C7H17O4P/c1-5-12(9,10-4)11-7(2,3)6-8/h8H,5-6H2,1-4H3. The number of aliphatic hydroxyl groups excluding tert-OH is 1. The van der Waals surface area contributed by atoms with Gasteiger partial charge in [0.1, 0.15) is 0 Å². The van der Waals surface area contributed by atoms with Gasteiger partial charge in [0.25, 0.3) is 0 Å². The molecule has 74 valence electrons. The highest BCUT2D eigenvalue weighted by Gasteiger charge is 2.30. The Morgan fingerprint density at radius 1 is 1.50 bits per heavy atom. The Balaban J connectivity index is 4.31. The average Bonchev–Trinajstić information content (AvgIpc) is 2.04. The quantitative estimate of drug-likeness (QED) is 0.679. The van der Waals surface area contributed by atoms with E-state index < -0.39 is 13.2 Å². The lowest BCUT2D eigenvalue weighted by molar-refractivity contribution is 0.0285. The van der Waals surface area contributed by atoms with Crippen molar-refractivity contribution in [1.29, 1.82) is 0 Å². The van der Waals surface area contributed by atoms with Crippen LogP contribution in [0.3, 0.4) is 0 Å². The first-order valence-corrected chi connectivity index (χ1v) is 5.58. The minimum atomic E-state index is -2.98. The zero-order valence-electron chi connectivity index (χ0n) is 8.03. The van der Waals surface area contributed by atoms with Gasteiger partial charge in [0, 0.05) is 13.3 Å². The highest BCUT2D eigenvalue weighted by Crippen LogP contribution is 2.50. The molecule has 1 atom stereocenters. The number of rotatable bonds is 5. The molecule has 0 aromatic carbocycles.